The molecule has 1 atom stereocenters. The van der Waals surface area contributed by atoms with E-state index >= 15 is 0 Å². The Morgan fingerprint density at radius 2 is 2.33 bits per heavy atom. The van der Waals surface area contributed by atoms with E-state index in [2.05, 4.69) is 0 Å². The zero-order valence-electron chi connectivity index (χ0n) is 11.6. The molecular formula is C13H16N2O5S. The third-order valence-electron chi connectivity index (χ3n) is 3.34. The highest BCUT2D eigenvalue weighted by atomic mass is 32.1. The van der Waals surface area contributed by atoms with Gasteiger partial charge in [-0.3, -0.25) is 19.7 Å². The number of carbonyl (C=O) groups is 2. The molecule has 21 heavy (non-hydrogen) atoms. The molecule has 114 valence electrons. The summed E-state index contributed by atoms with van der Waals surface area (Å²) < 4.78 is 4.99. The lowest BCUT2D eigenvalue weighted by Crippen LogP contribution is -2.42. The molecule has 1 saturated heterocycles. The van der Waals surface area contributed by atoms with Crippen molar-refractivity contribution in [1.82, 2.24) is 4.90 Å². The number of likely N-dealkylation sites (tertiary alicyclic amines) is 1. The molecule has 1 amide bonds. The van der Waals surface area contributed by atoms with Crippen LogP contribution in [0, 0.1) is 16.0 Å². The van der Waals surface area contributed by atoms with Gasteiger partial charge in [-0.2, -0.15) is 0 Å². The van der Waals surface area contributed by atoms with Gasteiger partial charge in [-0.1, -0.05) is 11.3 Å². The van der Waals surface area contributed by atoms with Crippen LogP contribution < -0.4 is 0 Å². The van der Waals surface area contributed by atoms with Crippen molar-refractivity contribution in [3.8, 4) is 0 Å². The van der Waals surface area contributed by atoms with Crippen molar-refractivity contribution < 1.29 is 19.2 Å². The van der Waals surface area contributed by atoms with Gasteiger partial charge in [-0.05, 0) is 19.8 Å². The number of ether oxygens (including phenoxy) is 1. The van der Waals surface area contributed by atoms with Crippen LogP contribution in [0.15, 0.2) is 11.4 Å². The molecule has 0 bridgehead atoms. The summed E-state index contributed by atoms with van der Waals surface area (Å²) in [5, 5.41) is 12.1. The van der Waals surface area contributed by atoms with Gasteiger partial charge in [-0.25, -0.2) is 0 Å². The third kappa shape index (κ3) is 3.57. The molecule has 2 heterocycles. The van der Waals surface area contributed by atoms with Crippen LogP contribution in [0.2, 0.25) is 0 Å². The zero-order valence-corrected chi connectivity index (χ0v) is 12.4. The van der Waals surface area contributed by atoms with Crippen molar-refractivity contribution in [2.75, 3.05) is 19.7 Å². The quantitative estimate of drug-likeness (QED) is 0.482. The standard InChI is InChI=1S/C13H16N2O5S/c1-2-20-13(17)9-4-3-5-14(7-9)12(16)10-6-11(15(18)19)21-8-10/h6,8-9H,2-5,7H2,1H3/t9-/m1/s1. The lowest BCUT2D eigenvalue weighted by atomic mass is 9.98. The number of nitrogens with zero attached hydrogens (tertiary/aromatic N) is 2. The Hall–Kier alpha value is -1.96. The molecule has 1 aliphatic rings. The Kier molecular flexibility index (Phi) is 4.89. The summed E-state index contributed by atoms with van der Waals surface area (Å²) in [5.41, 5.74) is 0.302. The van der Waals surface area contributed by atoms with E-state index in [-0.39, 0.29) is 22.8 Å². The summed E-state index contributed by atoms with van der Waals surface area (Å²) in [7, 11) is 0. The summed E-state index contributed by atoms with van der Waals surface area (Å²) in [6.07, 6.45) is 1.42. The number of hydrogen-bond donors (Lipinski definition) is 0. The number of carbonyl (C=O) groups excluding carboxylic acids is 2. The highest BCUT2D eigenvalue weighted by molar-refractivity contribution is 7.13. The summed E-state index contributed by atoms with van der Waals surface area (Å²) in [4.78, 5) is 35.8. The van der Waals surface area contributed by atoms with Crippen molar-refractivity contribution in [2.24, 2.45) is 5.92 Å². The average Bonchev–Trinajstić information content (AvgIpc) is 2.97. The molecule has 1 fully saturated rings. The fourth-order valence-corrected chi connectivity index (χ4v) is 3.03. The molecule has 0 N–H and O–H groups in total. The van der Waals surface area contributed by atoms with Crippen LogP contribution in [-0.4, -0.2) is 41.4 Å². The molecule has 1 aliphatic heterocycles. The minimum Gasteiger partial charge on any atom is -0.466 e. The minimum absolute atomic E-state index is 0.0581. The van der Waals surface area contributed by atoms with E-state index in [1.165, 1.54) is 11.4 Å². The van der Waals surface area contributed by atoms with Crippen LogP contribution in [0.1, 0.15) is 30.1 Å². The maximum Gasteiger partial charge on any atom is 0.324 e. The molecule has 0 unspecified atom stereocenters. The SMILES string of the molecule is CCOC(=O)[C@@H]1CCCN(C(=O)c2csc([N+](=O)[O-])c2)C1. The van der Waals surface area contributed by atoms with E-state index < -0.39 is 4.92 Å². The van der Waals surface area contributed by atoms with Crippen LogP contribution in [0.5, 0.6) is 0 Å². The molecule has 0 saturated carbocycles. The van der Waals surface area contributed by atoms with Crippen LogP contribution in [0.4, 0.5) is 5.00 Å². The maximum absolute atomic E-state index is 12.3. The maximum atomic E-state index is 12.3. The predicted molar refractivity (Wildman–Crippen MR) is 76.2 cm³/mol. The first-order valence-corrected chi connectivity index (χ1v) is 7.59. The average molecular weight is 312 g/mol. The predicted octanol–water partition coefficient (Wildman–Crippen LogP) is 2.07. The van der Waals surface area contributed by atoms with Crippen LogP contribution in [0.25, 0.3) is 0 Å². The minimum atomic E-state index is -0.515. The molecule has 7 nitrogen and oxygen atoms in total. The number of rotatable bonds is 4. The monoisotopic (exact) mass is 312 g/mol. The molecule has 0 aliphatic carbocycles. The van der Waals surface area contributed by atoms with Gasteiger partial charge in [-0.15, -0.1) is 0 Å². The van der Waals surface area contributed by atoms with Crippen molar-refractivity contribution >= 4 is 28.2 Å². The van der Waals surface area contributed by atoms with Crippen molar-refractivity contribution in [1.29, 1.82) is 0 Å². The zero-order chi connectivity index (χ0) is 15.4. The van der Waals surface area contributed by atoms with Crippen LogP contribution in [-0.2, 0) is 9.53 Å². The Balaban J connectivity index is 2.04. The Bertz CT molecular complexity index is 557. The van der Waals surface area contributed by atoms with E-state index in [1.54, 1.807) is 11.8 Å². The molecule has 0 spiro atoms. The van der Waals surface area contributed by atoms with Crippen LogP contribution in [0.3, 0.4) is 0 Å². The first-order valence-electron chi connectivity index (χ1n) is 6.71. The second kappa shape index (κ2) is 6.66. The van der Waals surface area contributed by atoms with E-state index in [1.807, 2.05) is 0 Å². The van der Waals surface area contributed by atoms with E-state index in [9.17, 15) is 19.7 Å². The fraction of sp³-hybridized carbons (Fsp3) is 0.538. The van der Waals surface area contributed by atoms with Gasteiger partial charge in [0.1, 0.15) is 0 Å². The first kappa shape index (κ1) is 15.4. The van der Waals surface area contributed by atoms with Crippen molar-refractivity contribution in [2.45, 2.75) is 19.8 Å². The number of thiophene rings is 1. The van der Waals surface area contributed by atoms with Gasteiger partial charge in [0, 0.05) is 24.5 Å². The summed E-state index contributed by atoms with van der Waals surface area (Å²) in [6, 6.07) is 1.28. The number of amides is 1. The fourth-order valence-electron chi connectivity index (χ4n) is 2.33. The number of esters is 1. The number of piperidine rings is 1. The molecule has 0 aromatic carbocycles. The molecule has 2 rings (SSSR count). The second-order valence-corrected chi connectivity index (χ2v) is 5.66. The number of nitro groups is 1. The lowest BCUT2D eigenvalue weighted by molar-refractivity contribution is -0.380. The summed E-state index contributed by atoms with van der Waals surface area (Å²) in [6.45, 7) is 2.92. The van der Waals surface area contributed by atoms with Gasteiger partial charge in [0.2, 0.25) is 0 Å². The second-order valence-electron chi connectivity index (χ2n) is 4.77. The normalized spacial score (nSPS) is 18.3. The van der Waals surface area contributed by atoms with Gasteiger partial charge in [0.15, 0.2) is 0 Å². The first-order chi connectivity index (χ1) is 10.0. The van der Waals surface area contributed by atoms with Gasteiger partial charge >= 0.3 is 11.0 Å². The highest BCUT2D eigenvalue weighted by Gasteiger charge is 2.30. The molecule has 8 heteroatoms. The van der Waals surface area contributed by atoms with Gasteiger partial charge < -0.3 is 9.64 Å². The smallest absolute Gasteiger partial charge is 0.324 e. The van der Waals surface area contributed by atoms with E-state index in [0.29, 0.717) is 31.7 Å². The summed E-state index contributed by atoms with van der Waals surface area (Å²) >= 11 is 0.927. The van der Waals surface area contributed by atoms with Gasteiger partial charge in [0.25, 0.3) is 5.91 Å². The molecule has 1 aromatic rings. The lowest BCUT2D eigenvalue weighted by Gasteiger charge is -2.31. The van der Waals surface area contributed by atoms with Gasteiger partial charge in [0.05, 0.1) is 23.0 Å². The van der Waals surface area contributed by atoms with Crippen molar-refractivity contribution in [3.05, 3.63) is 27.1 Å². The Labute approximate surface area is 125 Å². The van der Waals surface area contributed by atoms with E-state index in [0.717, 1.165) is 17.8 Å². The molecular weight excluding hydrogens is 296 g/mol. The Morgan fingerprint density at radius 3 is 2.95 bits per heavy atom. The highest BCUT2D eigenvalue weighted by Crippen LogP contribution is 2.25. The van der Waals surface area contributed by atoms with Crippen molar-refractivity contribution in [3.63, 3.8) is 0 Å². The molecule has 1 aromatic heterocycles. The topological polar surface area (TPSA) is 89.8 Å². The number of hydrogen-bond acceptors (Lipinski definition) is 6. The molecule has 0 radical (unpaired) electrons. The largest absolute Gasteiger partial charge is 0.466 e. The Morgan fingerprint density at radius 1 is 1.57 bits per heavy atom. The third-order valence-corrected chi connectivity index (χ3v) is 4.22. The van der Waals surface area contributed by atoms with E-state index in [4.69, 9.17) is 4.74 Å². The van der Waals surface area contributed by atoms with Crippen LogP contribution >= 0.6 is 11.3 Å². The summed E-state index contributed by atoms with van der Waals surface area (Å²) in [5.74, 6) is -0.865.